The average Bonchev–Trinajstić information content (AvgIpc) is 3.32. The number of piperidine rings is 1. The molecule has 0 amide bonds. The smallest absolute Gasteiger partial charge is 0.174 e. The van der Waals surface area contributed by atoms with Crippen molar-refractivity contribution in [2.45, 2.75) is 61.7 Å². The van der Waals surface area contributed by atoms with E-state index in [1.165, 1.54) is 12.8 Å². The quantitative estimate of drug-likeness (QED) is 0.405. The third-order valence-electron chi connectivity index (χ3n) is 8.28. The summed E-state index contributed by atoms with van der Waals surface area (Å²) in [6.07, 6.45) is 4.42. The van der Waals surface area contributed by atoms with Gasteiger partial charge in [0.15, 0.2) is 23.4 Å². The van der Waals surface area contributed by atoms with Gasteiger partial charge in [-0.05, 0) is 30.9 Å². The zero-order valence-electron chi connectivity index (χ0n) is 15.6. The molecule has 6 rings (SSSR count). The molecule has 2 bridgehead atoms. The standard InChI is InChI=1S/C21H25NO4.HI/c1-22(11-12-2-3-12)9-8-20-17-13-4-5-14(23)18(17)26-19(20)15(24)6-7-21(20,25)16(22)10-13;/h4-5,12,16,19,25H,2-3,6-11H2,1H3;1H/t16-,19+,20?,21-,22?;/m1./s1. The lowest BCUT2D eigenvalue weighted by molar-refractivity contribution is -0.950. The number of hydrogen-bond donors (Lipinski definition) is 2. The van der Waals surface area contributed by atoms with E-state index >= 15 is 0 Å². The molecule has 0 radical (unpaired) electrons. The van der Waals surface area contributed by atoms with E-state index in [1.807, 2.05) is 6.07 Å². The van der Waals surface area contributed by atoms with E-state index in [0.29, 0.717) is 18.6 Å². The number of likely N-dealkylation sites (N-methyl/N-ethyl adjacent to an activating group) is 1. The largest absolute Gasteiger partial charge is 1.00 e. The molecule has 1 saturated heterocycles. The number of benzene rings is 1. The Hall–Kier alpha value is -0.860. The molecule has 6 heteroatoms. The van der Waals surface area contributed by atoms with Crippen LogP contribution in [0, 0.1) is 5.92 Å². The SMILES string of the molecule is C[N+]1(CC2CC2)CCC23c4c5ccc(O)c4O[C@H]2C(=O)CC[C@@]3(O)[C@H]1C5.[I-]. The lowest BCUT2D eigenvalue weighted by atomic mass is 9.48. The van der Waals surface area contributed by atoms with Gasteiger partial charge < -0.3 is 43.4 Å². The normalized spacial score (nSPS) is 43.6. The number of hydrogen-bond acceptors (Lipinski definition) is 4. The molecule has 1 spiro atoms. The molecule has 5 atom stereocenters. The van der Waals surface area contributed by atoms with Crippen LogP contribution in [0.3, 0.4) is 0 Å². The minimum Gasteiger partial charge on any atom is -1.00 e. The summed E-state index contributed by atoms with van der Waals surface area (Å²) in [6.45, 7) is 2.09. The highest BCUT2D eigenvalue weighted by Crippen LogP contribution is 2.65. The molecule has 2 heterocycles. The molecule has 27 heavy (non-hydrogen) atoms. The fourth-order valence-corrected chi connectivity index (χ4v) is 6.94. The van der Waals surface area contributed by atoms with Gasteiger partial charge in [0.25, 0.3) is 0 Å². The zero-order valence-corrected chi connectivity index (χ0v) is 17.7. The fraction of sp³-hybridized carbons (Fsp3) is 0.667. The molecule has 5 nitrogen and oxygen atoms in total. The summed E-state index contributed by atoms with van der Waals surface area (Å²) in [5, 5.41) is 22.5. The van der Waals surface area contributed by atoms with Crippen molar-refractivity contribution >= 4 is 5.78 Å². The maximum atomic E-state index is 12.8. The Morgan fingerprint density at radius 1 is 1.30 bits per heavy atom. The molecule has 2 saturated carbocycles. The Labute approximate surface area is 176 Å². The third kappa shape index (κ3) is 2.00. The van der Waals surface area contributed by atoms with Crippen LogP contribution >= 0.6 is 0 Å². The second-order valence-electron chi connectivity index (χ2n) is 9.61. The summed E-state index contributed by atoms with van der Waals surface area (Å²) in [5.41, 5.74) is 0.492. The van der Waals surface area contributed by atoms with E-state index < -0.39 is 17.1 Å². The van der Waals surface area contributed by atoms with Gasteiger partial charge in [0.1, 0.15) is 11.6 Å². The number of likely N-dealkylation sites (tertiary alicyclic amines) is 1. The van der Waals surface area contributed by atoms with Crippen molar-refractivity contribution in [2.24, 2.45) is 5.92 Å². The van der Waals surface area contributed by atoms with Crippen molar-refractivity contribution in [1.29, 1.82) is 0 Å². The molecule has 3 aliphatic carbocycles. The Morgan fingerprint density at radius 2 is 2.07 bits per heavy atom. The summed E-state index contributed by atoms with van der Waals surface area (Å²) in [5.74, 6) is 1.42. The van der Waals surface area contributed by atoms with Crippen molar-refractivity contribution in [3.05, 3.63) is 23.3 Å². The van der Waals surface area contributed by atoms with Gasteiger partial charge in [-0.2, -0.15) is 0 Å². The van der Waals surface area contributed by atoms with Gasteiger partial charge >= 0.3 is 0 Å². The van der Waals surface area contributed by atoms with Crippen LogP contribution in [0.4, 0.5) is 0 Å². The maximum absolute atomic E-state index is 12.8. The number of carbonyl (C=O) groups excluding carboxylic acids is 1. The van der Waals surface area contributed by atoms with Gasteiger partial charge in [-0.25, -0.2) is 0 Å². The minimum absolute atomic E-state index is 0. The molecule has 146 valence electrons. The number of quaternary nitrogens is 1. The number of aliphatic hydroxyl groups is 1. The van der Waals surface area contributed by atoms with E-state index in [-0.39, 0.29) is 41.6 Å². The lowest BCUT2D eigenvalue weighted by Crippen LogP contribution is -3.00. The molecule has 3 fully saturated rings. The number of aromatic hydroxyl groups is 1. The molecule has 1 aromatic carbocycles. The molecular weight excluding hydrogens is 457 g/mol. The topological polar surface area (TPSA) is 66.8 Å². The number of phenolic OH excluding ortho intramolecular Hbond substituents is 1. The van der Waals surface area contributed by atoms with Crippen molar-refractivity contribution in [3.63, 3.8) is 0 Å². The molecule has 2 N–H and O–H groups in total. The van der Waals surface area contributed by atoms with Crippen LogP contribution in [0.15, 0.2) is 12.1 Å². The number of nitrogens with zero attached hydrogens (tertiary/aromatic N) is 1. The van der Waals surface area contributed by atoms with Crippen LogP contribution in [-0.4, -0.2) is 58.4 Å². The third-order valence-corrected chi connectivity index (χ3v) is 8.28. The van der Waals surface area contributed by atoms with E-state index in [0.717, 1.165) is 47.5 Å². The summed E-state index contributed by atoms with van der Waals surface area (Å²) in [6, 6.07) is 3.77. The minimum atomic E-state index is -0.931. The average molecular weight is 483 g/mol. The Morgan fingerprint density at radius 3 is 2.81 bits per heavy atom. The summed E-state index contributed by atoms with van der Waals surface area (Å²) < 4.78 is 6.98. The first-order valence-corrected chi connectivity index (χ1v) is 10.0. The first-order valence-electron chi connectivity index (χ1n) is 10.0. The molecule has 1 aromatic rings. The van der Waals surface area contributed by atoms with Crippen LogP contribution in [0.5, 0.6) is 11.5 Å². The van der Waals surface area contributed by atoms with Crippen molar-refractivity contribution < 1.29 is 48.2 Å². The van der Waals surface area contributed by atoms with Crippen molar-refractivity contribution in [1.82, 2.24) is 0 Å². The Bertz CT molecular complexity index is 855. The van der Waals surface area contributed by atoms with E-state index in [2.05, 4.69) is 7.05 Å². The van der Waals surface area contributed by atoms with Crippen LogP contribution in [0.2, 0.25) is 0 Å². The lowest BCUT2D eigenvalue weighted by Gasteiger charge is -2.64. The van der Waals surface area contributed by atoms with Gasteiger partial charge in [0.2, 0.25) is 0 Å². The molecule has 2 unspecified atom stereocenters. The number of Topliss-reactive ketones (excluding diaryl/α,β-unsaturated/α-hetero) is 1. The number of ether oxygens (including phenoxy) is 1. The van der Waals surface area contributed by atoms with Crippen LogP contribution in [0.25, 0.3) is 0 Å². The van der Waals surface area contributed by atoms with Crippen LogP contribution in [-0.2, 0) is 16.6 Å². The molecule has 0 aromatic heterocycles. The predicted molar refractivity (Wildman–Crippen MR) is 94.1 cm³/mol. The van der Waals surface area contributed by atoms with Crippen molar-refractivity contribution in [3.8, 4) is 11.5 Å². The first-order chi connectivity index (χ1) is 12.4. The van der Waals surface area contributed by atoms with Gasteiger partial charge in [-0.3, -0.25) is 4.79 Å². The van der Waals surface area contributed by atoms with E-state index in [9.17, 15) is 15.0 Å². The molecule has 5 aliphatic rings. The summed E-state index contributed by atoms with van der Waals surface area (Å²) in [4.78, 5) is 12.8. The first kappa shape index (κ1) is 18.2. The zero-order chi connectivity index (χ0) is 17.9. The summed E-state index contributed by atoms with van der Waals surface area (Å²) >= 11 is 0. The van der Waals surface area contributed by atoms with Crippen molar-refractivity contribution in [2.75, 3.05) is 20.1 Å². The second-order valence-corrected chi connectivity index (χ2v) is 9.61. The second kappa shape index (κ2) is 5.39. The van der Waals surface area contributed by atoms with Gasteiger partial charge in [-0.1, -0.05) is 6.07 Å². The van der Waals surface area contributed by atoms with Gasteiger partial charge in [-0.15, -0.1) is 0 Å². The Kier molecular flexibility index (Phi) is 3.63. The Balaban J connectivity index is 0.00000160. The number of halogens is 1. The van der Waals surface area contributed by atoms with Crippen LogP contribution in [0.1, 0.15) is 43.2 Å². The molecular formula is C21H26INO4. The van der Waals surface area contributed by atoms with Crippen LogP contribution < -0.4 is 28.7 Å². The fourth-order valence-electron chi connectivity index (χ4n) is 6.94. The monoisotopic (exact) mass is 483 g/mol. The molecule has 2 aliphatic heterocycles. The number of phenols is 1. The number of ketones is 1. The maximum Gasteiger partial charge on any atom is 0.174 e. The van der Waals surface area contributed by atoms with Gasteiger partial charge in [0, 0.05) is 30.7 Å². The highest BCUT2D eigenvalue weighted by Gasteiger charge is 2.76. The highest BCUT2D eigenvalue weighted by atomic mass is 127. The predicted octanol–water partition coefficient (Wildman–Crippen LogP) is -1.33. The number of carbonyl (C=O) groups is 1. The van der Waals surface area contributed by atoms with E-state index in [1.54, 1.807) is 6.07 Å². The number of rotatable bonds is 2. The highest BCUT2D eigenvalue weighted by molar-refractivity contribution is 5.90. The van der Waals surface area contributed by atoms with Gasteiger partial charge in [0.05, 0.1) is 25.6 Å². The summed E-state index contributed by atoms with van der Waals surface area (Å²) in [7, 11) is 2.31. The van der Waals surface area contributed by atoms with E-state index in [4.69, 9.17) is 4.74 Å².